The van der Waals surface area contributed by atoms with Gasteiger partial charge in [-0.15, -0.1) is 0 Å². The normalized spacial score (nSPS) is 11.3. The number of aliphatic carboxylic acids is 2. The quantitative estimate of drug-likeness (QED) is 0.149. The van der Waals surface area contributed by atoms with Crippen molar-refractivity contribution in [2.45, 2.75) is 62.7 Å². The van der Waals surface area contributed by atoms with Gasteiger partial charge in [-0.2, -0.15) is 0 Å². The molecule has 3 rings (SSSR count). The summed E-state index contributed by atoms with van der Waals surface area (Å²) in [5.41, 5.74) is 3.30. The van der Waals surface area contributed by atoms with Gasteiger partial charge in [-0.05, 0) is 79.1 Å². The molecule has 0 aliphatic heterocycles. The number of rotatable bonds is 18. The van der Waals surface area contributed by atoms with Gasteiger partial charge in [-0.1, -0.05) is 54.8 Å². The van der Waals surface area contributed by atoms with Crippen molar-refractivity contribution in [3.8, 4) is 22.6 Å². The minimum Gasteiger partial charge on any atom is -0.494 e. The fourth-order valence-corrected chi connectivity index (χ4v) is 5.50. The highest BCUT2D eigenvalue weighted by Gasteiger charge is 2.14. The monoisotopic (exact) mass is 616 g/mol. The van der Waals surface area contributed by atoms with E-state index in [0.717, 1.165) is 55.1 Å². The van der Waals surface area contributed by atoms with Crippen LogP contribution in [0, 0.1) is 0 Å². The summed E-state index contributed by atoms with van der Waals surface area (Å²) in [4.78, 5) is 22.1. The zero-order valence-corrected chi connectivity index (χ0v) is 25.3. The van der Waals surface area contributed by atoms with Crippen molar-refractivity contribution in [3.05, 3.63) is 76.8 Å². The molecule has 0 atom stereocenters. The molecular formula is C32H37ClO8S. The van der Waals surface area contributed by atoms with Crippen molar-refractivity contribution in [2.24, 2.45) is 0 Å². The van der Waals surface area contributed by atoms with Crippen molar-refractivity contribution >= 4 is 33.4 Å². The molecule has 0 bridgehead atoms. The van der Waals surface area contributed by atoms with Crippen LogP contribution in [0.1, 0.15) is 56.1 Å². The Morgan fingerprint density at radius 1 is 0.786 bits per heavy atom. The molecule has 0 saturated heterocycles. The molecular weight excluding hydrogens is 580 g/mol. The van der Waals surface area contributed by atoms with Crippen molar-refractivity contribution in [3.63, 3.8) is 0 Å². The lowest BCUT2D eigenvalue weighted by Gasteiger charge is -2.15. The number of sulfone groups is 1. The first kappa shape index (κ1) is 32.9. The molecule has 0 radical (unpaired) electrons. The number of hydrogen-bond acceptors (Lipinski definition) is 6. The number of ether oxygens (including phenoxy) is 2. The van der Waals surface area contributed by atoms with E-state index in [1.165, 1.54) is 6.07 Å². The predicted molar refractivity (Wildman–Crippen MR) is 162 cm³/mol. The third kappa shape index (κ3) is 10.7. The molecule has 0 aromatic heterocycles. The summed E-state index contributed by atoms with van der Waals surface area (Å²) in [5.74, 6) is -0.688. The molecule has 0 heterocycles. The van der Waals surface area contributed by atoms with E-state index in [1.54, 1.807) is 24.3 Å². The number of hydrogen-bond donors (Lipinski definition) is 2. The maximum absolute atomic E-state index is 12.3. The van der Waals surface area contributed by atoms with E-state index < -0.39 is 21.8 Å². The van der Waals surface area contributed by atoms with Gasteiger partial charge >= 0.3 is 11.9 Å². The zero-order valence-electron chi connectivity index (χ0n) is 23.7. The molecule has 3 aromatic carbocycles. The summed E-state index contributed by atoms with van der Waals surface area (Å²) in [5, 5.41) is 18.6. The minimum absolute atomic E-state index is 0.0134. The van der Waals surface area contributed by atoms with Crippen LogP contribution in [0.5, 0.6) is 11.5 Å². The summed E-state index contributed by atoms with van der Waals surface area (Å²) in [6.07, 6.45) is 6.15. The fraction of sp³-hybridized carbons (Fsp3) is 0.375. The Morgan fingerprint density at radius 2 is 1.50 bits per heavy atom. The van der Waals surface area contributed by atoms with Crippen LogP contribution in [0.15, 0.2) is 65.6 Å². The number of carboxylic acids is 2. The first-order chi connectivity index (χ1) is 20.0. The van der Waals surface area contributed by atoms with E-state index in [2.05, 4.69) is 0 Å². The molecule has 0 fully saturated rings. The van der Waals surface area contributed by atoms with Crippen LogP contribution >= 0.6 is 11.6 Å². The number of unbranched alkanes of at least 4 members (excludes halogenated alkanes) is 3. The molecule has 0 unspecified atom stereocenters. The lowest BCUT2D eigenvalue weighted by atomic mass is 9.97. The van der Waals surface area contributed by atoms with Gasteiger partial charge in [0.25, 0.3) is 0 Å². The topological polar surface area (TPSA) is 127 Å². The first-order valence-electron chi connectivity index (χ1n) is 13.9. The molecule has 0 amide bonds. The van der Waals surface area contributed by atoms with Gasteiger partial charge in [0, 0.05) is 29.7 Å². The Hall–Kier alpha value is -3.56. The van der Waals surface area contributed by atoms with Gasteiger partial charge < -0.3 is 19.7 Å². The highest BCUT2D eigenvalue weighted by atomic mass is 35.5. The highest BCUT2D eigenvalue weighted by molar-refractivity contribution is 7.90. The summed E-state index contributed by atoms with van der Waals surface area (Å²) < 4.78 is 36.3. The molecule has 0 spiro atoms. The molecule has 2 N–H and O–H groups in total. The van der Waals surface area contributed by atoms with Crippen LogP contribution < -0.4 is 9.47 Å². The summed E-state index contributed by atoms with van der Waals surface area (Å²) in [6, 6.07) is 17.8. The number of aryl methyl sites for hydroxylation is 1. The third-order valence-corrected chi connectivity index (χ3v) is 8.14. The predicted octanol–water partition coefficient (Wildman–Crippen LogP) is 6.85. The number of carboxylic acid groups (broad SMARTS) is 2. The van der Waals surface area contributed by atoms with Gasteiger partial charge in [0.15, 0.2) is 9.84 Å². The Bertz CT molecular complexity index is 1470. The van der Waals surface area contributed by atoms with Crippen molar-refractivity contribution in [1.29, 1.82) is 0 Å². The Morgan fingerprint density at radius 3 is 2.21 bits per heavy atom. The number of halogens is 1. The maximum Gasteiger partial charge on any atom is 0.303 e. The zero-order chi connectivity index (χ0) is 30.5. The molecule has 226 valence electrons. The number of benzene rings is 3. The van der Waals surface area contributed by atoms with E-state index in [0.29, 0.717) is 41.5 Å². The van der Waals surface area contributed by atoms with Crippen LogP contribution in [0.2, 0.25) is 5.02 Å². The molecule has 0 aliphatic carbocycles. The summed E-state index contributed by atoms with van der Waals surface area (Å²) in [7, 11) is -3.45. The molecule has 0 saturated carbocycles. The minimum atomic E-state index is -3.45. The van der Waals surface area contributed by atoms with Crippen LogP contribution in [0.4, 0.5) is 0 Å². The lowest BCUT2D eigenvalue weighted by molar-refractivity contribution is -0.138. The second-order valence-corrected chi connectivity index (χ2v) is 12.5. The number of carbonyl (C=O) groups is 2. The molecule has 0 aliphatic rings. The van der Waals surface area contributed by atoms with Gasteiger partial charge in [0.2, 0.25) is 0 Å². The fourth-order valence-electron chi connectivity index (χ4n) is 4.58. The highest BCUT2D eigenvalue weighted by Crippen LogP contribution is 2.33. The maximum atomic E-state index is 12.3. The second kappa shape index (κ2) is 16.2. The van der Waals surface area contributed by atoms with E-state index in [-0.39, 0.29) is 24.3 Å². The van der Waals surface area contributed by atoms with Crippen molar-refractivity contribution in [2.75, 3.05) is 19.5 Å². The Balaban J connectivity index is 1.54. The standard InChI is InChI=1S/C32H37ClO8S/c1-42(38,39)26-21-24(27-12-5-6-13-29(27)33)20-25(22-26)40-18-7-3-2-4-10-23-11-8-14-30(28(23)16-17-32(36)37)41-19-9-15-31(34)35/h5-6,8,11-14,20-22H,2-4,7,9-10,15-19H2,1H3,(H,34,35)(H,36,37). The van der Waals surface area contributed by atoms with Gasteiger partial charge in [0.1, 0.15) is 11.5 Å². The van der Waals surface area contributed by atoms with E-state index in [9.17, 15) is 23.1 Å². The average Bonchev–Trinajstić information content (AvgIpc) is 2.93. The van der Waals surface area contributed by atoms with Gasteiger partial charge in [-0.25, -0.2) is 8.42 Å². The van der Waals surface area contributed by atoms with E-state index in [1.807, 2.05) is 30.3 Å². The first-order valence-corrected chi connectivity index (χ1v) is 16.2. The summed E-state index contributed by atoms with van der Waals surface area (Å²) in [6.45, 7) is 0.682. The molecule has 42 heavy (non-hydrogen) atoms. The van der Waals surface area contributed by atoms with Gasteiger partial charge in [-0.3, -0.25) is 9.59 Å². The van der Waals surface area contributed by atoms with Crippen LogP contribution in [0.25, 0.3) is 11.1 Å². The van der Waals surface area contributed by atoms with Crippen LogP contribution in [0.3, 0.4) is 0 Å². The van der Waals surface area contributed by atoms with Crippen LogP contribution in [-0.2, 0) is 32.3 Å². The largest absolute Gasteiger partial charge is 0.494 e. The van der Waals surface area contributed by atoms with Gasteiger partial charge in [0.05, 0.1) is 18.1 Å². The Kier molecular flexibility index (Phi) is 12.7. The molecule has 8 nitrogen and oxygen atoms in total. The average molecular weight is 617 g/mol. The summed E-state index contributed by atoms with van der Waals surface area (Å²) >= 11 is 6.34. The third-order valence-electron chi connectivity index (χ3n) is 6.71. The SMILES string of the molecule is CS(=O)(=O)c1cc(OCCCCCCc2cccc(OCCCC(=O)O)c2CCC(=O)O)cc(-c2ccccc2Cl)c1. The van der Waals surface area contributed by atoms with E-state index >= 15 is 0 Å². The van der Waals surface area contributed by atoms with Crippen molar-refractivity contribution < 1.29 is 37.7 Å². The lowest BCUT2D eigenvalue weighted by Crippen LogP contribution is -2.07. The van der Waals surface area contributed by atoms with Crippen LogP contribution in [-0.4, -0.2) is 50.0 Å². The van der Waals surface area contributed by atoms with E-state index in [4.69, 9.17) is 26.2 Å². The Labute approximate surface area is 252 Å². The molecule has 10 heteroatoms. The van der Waals surface area contributed by atoms with Crippen molar-refractivity contribution in [1.82, 2.24) is 0 Å². The smallest absolute Gasteiger partial charge is 0.303 e. The second-order valence-electron chi connectivity index (χ2n) is 10.1. The molecule has 3 aromatic rings.